The lowest BCUT2D eigenvalue weighted by Gasteiger charge is -2.30. The predicted molar refractivity (Wildman–Crippen MR) is 156 cm³/mol. The lowest BCUT2D eigenvalue weighted by Crippen LogP contribution is -2.39. The molecule has 2 aliphatic rings. The minimum atomic E-state index is -3.97. The van der Waals surface area contributed by atoms with Gasteiger partial charge in [0, 0.05) is 50.3 Å². The van der Waals surface area contributed by atoms with Gasteiger partial charge in [-0.25, -0.2) is 8.42 Å². The quantitative estimate of drug-likeness (QED) is 0.232. The number of benzene rings is 3. The number of carboxylic acid groups (broad SMARTS) is 1. The smallest absolute Gasteiger partial charge is 0.309 e. The first kappa shape index (κ1) is 30.3. The van der Waals surface area contributed by atoms with Crippen molar-refractivity contribution in [3.63, 3.8) is 0 Å². The zero-order chi connectivity index (χ0) is 30.7. The molecule has 3 unspecified atom stereocenters. The highest BCUT2D eigenvalue weighted by atomic mass is 32.2. The lowest BCUT2D eigenvalue weighted by atomic mass is 9.82. The number of sulfonamides is 1. The van der Waals surface area contributed by atoms with Crippen LogP contribution in [0.2, 0.25) is 0 Å². The molecule has 228 valence electrons. The summed E-state index contributed by atoms with van der Waals surface area (Å²) < 4.78 is 44.9. The zero-order valence-electron chi connectivity index (χ0n) is 23.8. The van der Waals surface area contributed by atoms with Crippen LogP contribution in [0.15, 0.2) is 71.6 Å². The molecule has 12 nitrogen and oxygen atoms in total. The highest BCUT2D eigenvalue weighted by molar-refractivity contribution is 7.89. The van der Waals surface area contributed by atoms with Gasteiger partial charge in [0.2, 0.25) is 16.8 Å². The molecular formula is C30H33N3O9S. The molecule has 3 atom stereocenters. The Hall–Kier alpha value is -4.20. The largest absolute Gasteiger partial charge is 0.497 e. The molecule has 0 saturated carbocycles. The van der Waals surface area contributed by atoms with E-state index in [1.165, 1.54) is 28.6 Å². The lowest BCUT2D eigenvalue weighted by molar-refractivity contribution is -0.384. The molecular weight excluding hydrogens is 578 g/mol. The van der Waals surface area contributed by atoms with Crippen molar-refractivity contribution < 1.29 is 37.5 Å². The number of nitrogens with zero attached hydrogens (tertiary/aromatic N) is 3. The number of fused-ring (bicyclic) bond motifs is 1. The molecule has 0 spiro atoms. The molecule has 0 aliphatic carbocycles. The average molecular weight is 612 g/mol. The number of hydrogen-bond donors (Lipinski definition) is 1. The summed E-state index contributed by atoms with van der Waals surface area (Å²) in [7, 11) is -2.41. The third-order valence-electron chi connectivity index (χ3n) is 7.96. The maximum Gasteiger partial charge on any atom is 0.309 e. The first-order valence-corrected chi connectivity index (χ1v) is 15.3. The Morgan fingerprint density at radius 3 is 2.35 bits per heavy atom. The molecule has 13 heteroatoms. The third kappa shape index (κ3) is 6.14. The van der Waals surface area contributed by atoms with Crippen LogP contribution >= 0.6 is 0 Å². The molecule has 1 saturated heterocycles. The van der Waals surface area contributed by atoms with Crippen LogP contribution in [0.5, 0.6) is 17.2 Å². The summed E-state index contributed by atoms with van der Waals surface area (Å²) in [5.41, 5.74) is 1.37. The van der Waals surface area contributed by atoms with Crippen molar-refractivity contribution in [2.24, 2.45) is 5.92 Å². The molecule has 2 heterocycles. The molecule has 5 rings (SSSR count). The summed E-state index contributed by atoms with van der Waals surface area (Å²) in [6.45, 7) is 2.92. The number of nitro benzene ring substituents is 1. The highest BCUT2D eigenvalue weighted by Crippen LogP contribution is 2.47. The van der Waals surface area contributed by atoms with E-state index in [0.29, 0.717) is 30.2 Å². The summed E-state index contributed by atoms with van der Waals surface area (Å²) in [6.07, 6.45) is 0.547. The fourth-order valence-electron chi connectivity index (χ4n) is 5.87. The molecule has 43 heavy (non-hydrogen) atoms. The number of methoxy groups -OCH3 is 1. The van der Waals surface area contributed by atoms with Crippen LogP contribution in [-0.4, -0.2) is 73.7 Å². The van der Waals surface area contributed by atoms with Gasteiger partial charge in [0.25, 0.3) is 5.69 Å². The van der Waals surface area contributed by atoms with E-state index in [1.807, 2.05) is 36.1 Å². The number of ether oxygens (including phenoxy) is 3. The van der Waals surface area contributed by atoms with E-state index in [-0.39, 0.29) is 37.0 Å². The number of rotatable bonds is 12. The Morgan fingerprint density at radius 1 is 1.05 bits per heavy atom. The summed E-state index contributed by atoms with van der Waals surface area (Å²) in [4.78, 5) is 25.3. The maximum absolute atomic E-state index is 13.6. The second-order valence-electron chi connectivity index (χ2n) is 10.5. The predicted octanol–water partition coefficient (Wildman–Crippen LogP) is 4.27. The number of hydrogen-bond acceptors (Lipinski definition) is 9. The molecule has 0 amide bonds. The van der Waals surface area contributed by atoms with Crippen molar-refractivity contribution in [2.45, 2.75) is 30.2 Å². The van der Waals surface area contributed by atoms with Gasteiger partial charge in [-0.2, -0.15) is 4.31 Å². The van der Waals surface area contributed by atoms with Gasteiger partial charge in [-0.05, 0) is 53.9 Å². The van der Waals surface area contributed by atoms with Gasteiger partial charge in [0.1, 0.15) is 5.75 Å². The van der Waals surface area contributed by atoms with E-state index >= 15 is 0 Å². The summed E-state index contributed by atoms with van der Waals surface area (Å²) in [5.74, 6) is -0.413. The van der Waals surface area contributed by atoms with Crippen molar-refractivity contribution in [1.29, 1.82) is 0 Å². The number of nitro groups is 1. The second kappa shape index (κ2) is 12.6. The van der Waals surface area contributed by atoms with Crippen LogP contribution in [0.4, 0.5) is 5.69 Å². The van der Waals surface area contributed by atoms with Gasteiger partial charge in [0.05, 0.1) is 22.8 Å². The molecule has 1 N–H and O–H groups in total. The average Bonchev–Trinajstić information content (AvgIpc) is 3.64. The van der Waals surface area contributed by atoms with E-state index in [2.05, 4.69) is 0 Å². The maximum atomic E-state index is 13.6. The number of non-ortho nitro benzene ring substituents is 1. The van der Waals surface area contributed by atoms with Crippen molar-refractivity contribution in [1.82, 2.24) is 9.21 Å². The summed E-state index contributed by atoms with van der Waals surface area (Å²) in [5, 5.41) is 21.6. The van der Waals surface area contributed by atoms with E-state index in [0.717, 1.165) is 11.1 Å². The fraction of sp³-hybridized carbons (Fsp3) is 0.367. The Bertz CT molecular complexity index is 1580. The molecule has 0 aromatic heterocycles. The van der Waals surface area contributed by atoms with Gasteiger partial charge in [-0.15, -0.1) is 0 Å². The monoisotopic (exact) mass is 611 g/mol. The van der Waals surface area contributed by atoms with Crippen molar-refractivity contribution >= 4 is 21.7 Å². The minimum Gasteiger partial charge on any atom is -0.497 e. The minimum absolute atomic E-state index is 0.0404. The van der Waals surface area contributed by atoms with Gasteiger partial charge in [-0.1, -0.05) is 25.1 Å². The van der Waals surface area contributed by atoms with Crippen molar-refractivity contribution in [2.75, 3.05) is 40.1 Å². The first-order valence-electron chi connectivity index (χ1n) is 13.9. The van der Waals surface area contributed by atoms with Gasteiger partial charge < -0.3 is 19.3 Å². The molecule has 3 aromatic rings. The Balaban J connectivity index is 1.46. The first-order chi connectivity index (χ1) is 20.6. The Kier molecular flexibility index (Phi) is 8.85. The van der Waals surface area contributed by atoms with Crippen LogP contribution in [0.1, 0.15) is 36.4 Å². The van der Waals surface area contributed by atoms with E-state index < -0.39 is 38.8 Å². The van der Waals surface area contributed by atoms with E-state index in [9.17, 15) is 28.4 Å². The van der Waals surface area contributed by atoms with Crippen LogP contribution in [-0.2, 0) is 14.8 Å². The standard InChI is InChI=1S/C30H33N3O9S/c1-3-14-32(43(38,39)24-11-7-22(8-12-24)33(36)37)16-15-31-18-25(21-6-13-26-27(17-21)42-19-41-26)28(30(34)35)29(31)20-4-9-23(40-2)10-5-20/h4-13,17,25,28-29H,3,14-16,18-19H2,1-2H3,(H,34,35). The topological polar surface area (TPSA) is 149 Å². The normalized spacial score (nSPS) is 19.9. The van der Waals surface area contributed by atoms with Crippen LogP contribution in [0.3, 0.4) is 0 Å². The number of carboxylic acids is 1. The van der Waals surface area contributed by atoms with Gasteiger partial charge >= 0.3 is 5.97 Å². The molecule has 1 fully saturated rings. The zero-order valence-corrected chi connectivity index (χ0v) is 24.6. The Morgan fingerprint density at radius 2 is 1.72 bits per heavy atom. The Labute approximate surface area is 249 Å². The summed E-state index contributed by atoms with van der Waals surface area (Å²) >= 11 is 0. The molecule has 0 radical (unpaired) electrons. The van der Waals surface area contributed by atoms with Gasteiger partial charge in [0.15, 0.2) is 11.5 Å². The highest BCUT2D eigenvalue weighted by Gasteiger charge is 2.47. The fourth-order valence-corrected chi connectivity index (χ4v) is 7.39. The molecule has 3 aromatic carbocycles. The van der Waals surface area contributed by atoms with Crippen molar-refractivity contribution in [3.8, 4) is 17.2 Å². The number of carbonyl (C=O) groups is 1. The second-order valence-corrected chi connectivity index (χ2v) is 12.4. The van der Waals surface area contributed by atoms with Crippen LogP contribution < -0.4 is 14.2 Å². The van der Waals surface area contributed by atoms with E-state index in [1.54, 1.807) is 25.3 Å². The number of aliphatic carboxylic acids is 1. The third-order valence-corrected chi connectivity index (χ3v) is 9.87. The van der Waals surface area contributed by atoms with Crippen LogP contribution in [0, 0.1) is 16.0 Å². The molecule has 0 bridgehead atoms. The van der Waals surface area contributed by atoms with Gasteiger partial charge in [-0.3, -0.25) is 19.8 Å². The van der Waals surface area contributed by atoms with Crippen LogP contribution in [0.25, 0.3) is 0 Å². The SMILES string of the molecule is CCCN(CCN1CC(c2ccc3c(c2)OCO3)C(C(=O)O)C1c1ccc(OC)cc1)S(=O)(=O)c1ccc([N+](=O)[O-])cc1. The summed E-state index contributed by atoms with van der Waals surface area (Å²) in [6, 6.07) is 17.0. The number of likely N-dealkylation sites (tertiary alicyclic amines) is 1. The van der Waals surface area contributed by atoms with E-state index in [4.69, 9.17) is 14.2 Å². The van der Waals surface area contributed by atoms with Crippen molar-refractivity contribution in [3.05, 3.63) is 88.0 Å². The molecule has 2 aliphatic heterocycles.